The van der Waals surface area contributed by atoms with Gasteiger partial charge >= 0.3 is 5.97 Å². The number of hydrogen-bond acceptors (Lipinski definition) is 5. The number of benzene rings is 1. The average Bonchev–Trinajstić information content (AvgIpc) is 3.51. The van der Waals surface area contributed by atoms with Gasteiger partial charge in [0, 0.05) is 23.3 Å². The third kappa shape index (κ3) is 4.98. The Hall–Kier alpha value is -3.62. The third-order valence-electron chi connectivity index (χ3n) is 6.55. The van der Waals surface area contributed by atoms with E-state index < -0.39 is 5.97 Å². The summed E-state index contributed by atoms with van der Waals surface area (Å²) in [6.45, 7) is -0.365. The lowest BCUT2D eigenvalue weighted by atomic mass is 9.82. The number of aliphatic carboxylic acids is 1. The van der Waals surface area contributed by atoms with E-state index in [1.807, 2.05) is 18.2 Å². The van der Waals surface area contributed by atoms with Gasteiger partial charge in [-0.2, -0.15) is 4.80 Å². The number of aromatic amines is 1. The van der Waals surface area contributed by atoms with Gasteiger partial charge in [-0.15, -0.1) is 10.2 Å². The molecule has 2 N–H and O–H groups in total. The summed E-state index contributed by atoms with van der Waals surface area (Å²) in [4.78, 5) is 27.4. The van der Waals surface area contributed by atoms with Crippen molar-refractivity contribution in [1.29, 1.82) is 0 Å². The molecule has 0 bridgehead atoms. The van der Waals surface area contributed by atoms with Crippen molar-refractivity contribution in [3.05, 3.63) is 80.8 Å². The summed E-state index contributed by atoms with van der Waals surface area (Å²) < 4.78 is 15.1. The van der Waals surface area contributed by atoms with E-state index in [1.54, 1.807) is 6.07 Å². The predicted octanol–water partition coefficient (Wildman–Crippen LogP) is 3.48. The Morgan fingerprint density at radius 3 is 2.65 bits per heavy atom. The summed E-state index contributed by atoms with van der Waals surface area (Å²) in [6, 6.07) is 9.00. The van der Waals surface area contributed by atoms with Crippen LogP contribution in [-0.4, -0.2) is 36.3 Å². The molecule has 0 amide bonds. The number of carboxylic acid groups (broad SMARTS) is 1. The SMILES string of the molecule is O=C(O)Cn1nnc(CCc2ccc(/C(=C\C3CCC3)c3ccc(C4CC4)c(=O)[nH]3)cc2F)n1. The molecule has 34 heavy (non-hydrogen) atoms. The molecule has 2 saturated carbocycles. The quantitative estimate of drug-likeness (QED) is 0.502. The molecule has 2 heterocycles. The standard InChI is InChI=1S/C25H26FN5O3/c26-21-13-18(7-6-17(21)8-11-23-28-30-31(29-23)14-24(32)33)20(12-15-2-1-3-15)22-10-9-19(16-4-5-16)25(34)27-22/h6-7,9-10,12-13,15-16H,1-5,8,11,14H2,(H,27,34)(H,32,33)/b20-12+. The fraction of sp³-hybridized carbons (Fsp3) is 0.400. The Kier molecular flexibility index (Phi) is 6.08. The Bertz CT molecular complexity index is 1300. The lowest BCUT2D eigenvalue weighted by Crippen LogP contribution is -2.15. The van der Waals surface area contributed by atoms with Gasteiger partial charge in [0.15, 0.2) is 12.4 Å². The Labute approximate surface area is 195 Å². The second-order valence-electron chi connectivity index (χ2n) is 9.14. The van der Waals surface area contributed by atoms with Gasteiger partial charge in [0.1, 0.15) is 5.82 Å². The van der Waals surface area contributed by atoms with E-state index in [4.69, 9.17) is 5.11 Å². The van der Waals surface area contributed by atoms with Gasteiger partial charge in [0.2, 0.25) is 0 Å². The van der Waals surface area contributed by atoms with Crippen LogP contribution in [0, 0.1) is 11.7 Å². The van der Waals surface area contributed by atoms with Crippen LogP contribution in [0.25, 0.3) is 5.57 Å². The number of hydrogen-bond donors (Lipinski definition) is 2. The summed E-state index contributed by atoms with van der Waals surface area (Å²) in [5.41, 5.74) is 3.59. The van der Waals surface area contributed by atoms with E-state index in [0.29, 0.717) is 41.8 Å². The van der Waals surface area contributed by atoms with E-state index in [1.165, 1.54) is 12.5 Å². The molecule has 1 aromatic carbocycles. The van der Waals surface area contributed by atoms with Crippen molar-refractivity contribution in [3.8, 4) is 0 Å². The van der Waals surface area contributed by atoms with Gasteiger partial charge in [-0.3, -0.25) is 9.59 Å². The summed E-state index contributed by atoms with van der Waals surface area (Å²) in [7, 11) is 0. The highest BCUT2D eigenvalue weighted by Gasteiger charge is 2.26. The number of nitrogens with one attached hydrogen (secondary N) is 1. The molecule has 176 valence electrons. The van der Waals surface area contributed by atoms with Gasteiger partial charge in [-0.1, -0.05) is 30.7 Å². The van der Waals surface area contributed by atoms with E-state index in [2.05, 4.69) is 26.5 Å². The molecule has 2 fully saturated rings. The van der Waals surface area contributed by atoms with Crippen LogP contribution in [-0.2, 0) is 24.2 Å². The zero-order valence-corrected chi connectivity index (χ0v) is 18.7. The molecule has 9 heteroatoms. The molecular formula is C25H26FN5O3. The van der Waals surface area contributed by atoms with Gasteiger partial charge in [0.05, 0.1) is 0 Å². The summed E-state index contributed by atoms with van der Waals surface area (Å²) >= 11 is 0. The second kappa shape index (κ2) is 9.32. The molecule has 0 unspecified atom stereocenters. The summed E-state index contributed by atoms with van der Waals surface area (Å²) in [5.74, 6) is -0.229. The average molecular weight is 464 g/mol. The summed E-state index contributed by atoms with van der Waals surface area (Å²) in [6.07, 6.45) is 8.37. The lowest BCUT2D eigenvalue weighted by molar-refractivity contribution is -0.138. The smallest absolute Gasteiger partial charge is 0.327 e. The molecule has 8 nitrogen and oxygen atoms in total. The number of carboxylic acids is 1. The van der Waals surface area contributed by atoms with Crippen molar-refractivity contribution in [1.82, 2.24) is 25.2 Å². The highest BCUT2D eigenvalue weighted by molar-refractivity contribution is 5.78. The number of rotatable bonds is 9. The van der Waals surface area contributed by atoms with E-state index in [-0.39, 0.29) is 17.9 Å². The van der Waals surface area contributed by atoms with Gasteiger partial charge in [0.25, 0.3) is 5.56 Å². The van der Waals surface area contributed by atoms with Crippen molar-refractivity contribution in [3.63, 3.8) is 0 Å². The first-order valence-corrected chi connectivity index (χ1v) is 11.7. The van der Waals surface area contributed by atoms with Crippen LogP contribution < -0.4 is 5.56 Å². The Morgan fingerprint density at radius 2 is 2.00 bits per heavy atom. The monoisotopic (exact) mass is 463 g/mol. The summed E-state index contributed by atoms with van der Waals surface area (Å²) in [5, 5.41) is 20.3. The minimum atomic E-state index is -1.06. The minimum absolute atomic E-state index is 0.0555. The Balaban J connectivity index is 1.36. The highest BCUT2D eigenvalue weighted by atomic mass is 19.1. The molecule has 0 atom stereocenters. The number of allylic oxidation sites excluding steroid dienone is 1. The number of aryl methyl sites for hydroxylation is 2. The molecule has 2 aliphatic rings. The van der Waals surface area contributed by atoms with Crippen LogP contribution in [0.4, 0.5) is 4.39 Å². The number of H-pyrrole nitrogens is 1. The number of pyridine rings is 1. The maximum absolute atomic E-state index is 15.1. The third-order valence-corrected chi connectivity index (χ3v) is 6.55. The number of nitrogens with zero attached hydrogens (tertiary/aromatic N) is 4. The van der Waals surface area contributed by atoms with E-state index in [9.17, 15) is 9.59 Å². The molecule has 2 aromatic heterocycles. The van der Waals surface area contributed by atoms with Crippen LogP contribution in [0.3, 0.4) is 0 Å². The number of aromatic nitrogens is 5. The Morgan fingerprint density at radius 1 is 1.18 bits per heavy atom. The maximum atomic E-state index is 15.1. The van der Waals surface area contributed by atoms with E-state index in [0.717, 1.165) is 47.2 Å². The number of halogens is 1. The zero-order valence-electron chi connectivity index (χ0n) is 18.7. The number of carbonyl (C=O) groups is 1. The first-order chi connectivity index (χ1) is 16.5. The van der Waals surface area contributed by atoms with Crippen LogP contribution >= 0.6 is 0 Å². The largest absolute Gasteiger partial charge is 0.480 e. The molecule has 5 rings (SSSR count). The van der Waals surface area contributed by atoms with E-state index >= 15 is 4.39 Å². The molecule has 0 spiro atoms. The van der Waals surface area contributed by atoms with Crippen molar-refractivity contribution >= 4 is 11.5 Å². The molecule has 0 saturated heterocycles. The molecule has 3 aromatic rings. The normalized spacial score (nSPS) is 16.4. The zero-order chi connectivity index (χ0) is 23.7. The second-order valence-corrected chi connectivity index (χ2v) is 9.14. The van der Waals surface area contributed by atoms with Crippen molar-refractivity contribution in [2.75, 3.05) is 0 Å². The molecule has 0 radical (unpaired) electrons. The van der Waals surface area contributed by atoms with Crippen molar-refractivity contribution in [2.45, 2.75) is 57.4 Å². The first kappa shape index (κ1) is 22.2. The van der Waals surface area contributed by atoms with Crippen molar-refractivity contribution in [2.24, 2.45) is 5.92 Å². The van der Waals surface area contributed by atoms with Crippen LogP contribution in [0.15, 0.2) is 41.2 Å². The van der Waals surface area contributed by atoms with Gasteiger partial charge in [-0.25, -0.2) is 4.39 Å². The molecule has 2 aliphatic carbocycles. The predicted molar refractivity (Wildman–Crippen MR) is 123 cm³/mol. The fourth-order valence-corrected chi connectivity index (χ4v) is 4.27. The minimum Gasteiger partial charge on any atom is -0.480 e. The molecule has 0 aliphatic heterocycles. The van der Waals surface area contributed by atoms with Gasteiger partial charge in [-0.05, 0) is 72.4 Å². The van der Waals surface area contributed by atoms with Crippen LogP contribution in [0.1, 0.15) is 66.2 Å². The lowest BCUT2D eigenvalue weighted by Gasteiger charge is -2.23. The molecular weight excluding hydrogens is 437 g/mol. The van der Waals surface area contributed by atoms with Gasteiger partial charge < -0.3 is 10.1 Å². The first-order valence-electron chi connectivity index (χ1n) is 11.7. The number of tetrazole rings is 1. The topological polar surface area (TPSA) is 114 Å². The van der Waals surface area contributed by atoms with Crippen LogP contribution in [0.5, 0.6) is 0 Å². The van der Waals surface area contributed by atoms with Crippen molar-refractivity contribution < 1.29 is 14.3 Å². The van der Waals surface area contributed by atoms with Crippen LogP contribution in [0.2, 0.25) is 0 Å². The fourth-order valence-electron chi connectivity index (χ4n) is 4.27. The maximum Gasteiger partial charge on any atom is 0.327 e. The highest BCUT2D eigenvalue weighted by Crippen LogP contribution is 2.39.